The van der Waals surface area contributed by atoms with Crippen LogP contribution in [-0.2, 0) is 4.79 Å². The molecule has 0 radical (unpaired) electrons. The number of aliphatic carboxylic acids is 1. The average molecular weight is 304 g/mol. The summed E-state index contributed by atoms with van der Waals surface area (Å²) in [5.74, 6) is -0.110. The third-order valence-electron chi connectivity index (χ3n) is 2.72. The molecule has 0 spiro atoms. The van der Waals surface area contributed by atoms with Crippen LogP contribution in [0.2, 0.25) is 0 Å². The van der Waals surface area contributed by atoms with Crippen LogP contribution in [0.5, 0.6) is 0 Å². The first kappa shape index (κ1) is 12.1. The zero-order valence-corrected chi connectivity index (χ0v) is 11.4. The van der Waals surface area contributed by atoms with Gasteiger partial charge in [-0.1, -0.05) is 0 Å². The fourth-order valence-corrected chi connectivity index (χ4v) is 3.17. The molecule has 88 valence electrons. The zero-order chi connectivity index (χ0) is 11.7. The van der Waals surface area contributed by atoms with Gasteiger partial charge < -0.3 is 5.11 Å². The number of halogens is 1. The van der Waals surface area contributed by atoms with Crippen molar-refractivity contribution >= 4 is 33.2 Å². The fourth-order valence-electron chi connectivity index (χ4n) is 1.54. The highest BCUT2D eigenvalue weighted by Gasteiger charge is 2.26. The summed E-state index contributed by atoms with van der Waals surface area (Å²) in [5, 5.41) is 12.3. The van der Waals surface area contributed by atoms with E-state index in [2.05, 4.69) is 21.2 Å². The van der Waals surface area contributed by atoms with Crippen molar-refractivity contribution in [3.63, 3.8) is 0 Å². The summed E-state index contributed by atoms with van der Waals surface area (Å²) < 4.78 is 0.993. The van der Waals surface area contributed by atoms with Crippen molar-refractivity contribution in [3.05, 3.63) is 20.3 Å². The fraction of sp³-hybridized carbons (Fsp3) is 0.545. The Morgan fingerprint density at radius 3 is 2.88 bits per heavy atom. The van der Waals surface area contributed by atoms with Gasteiger partial charge in [0.2, 0.25) is 0 Å². The van der Waals surface area contributed by atoms with Crippen LogP contribution in [0.15, 0.2) is 10.5 Å². The van der Waals surface area contributed by atoms with E-state index in [9.17, 15) is 9.90 Å². The average Bonchev–Trinajstić information content (AvgIpc) is 2.95. The summed E-state index contributed by atoms with van der Waals surface area (Å²) in [4.78, 5) is 13.2. The van der Waals surface area contributed by atoms with Gasteiger partial charge >= 0.3 is 5.97 Å². The maximum Gasteiger partial charge on any atom is 0.326 e. The summed E-state index contributed by atoms with van der Waals surface area (Å²) in [6.07, 6.45) is 2.46. The Hall–Kier alpha value is -0.390. The van der Waals surface area contributed by atoms with Crippen molar-refractivity contribution in [1.29, 1.82) is 0 Å². The molecule has 1 heterocycles. The SMILES string of the molecule is Cc1sc(C(NCC2CC2)C(=O)O)cc1Br. The Morgan fingerprint density at radius 1 is 1.75 bits per heavy atom. The first-order valence-corrected chi connectivity index (χ1v) is 6.91. The van der Waals surface area contributed by atoms with Crippen LogP contribution in [0.3, 0.4) is 0 Å². The number of hydrogen-bond donors (Lipinski definition) is 2. The van der Waals surface area contributed by atoms with E-state index in [4.69, 9.17) is 0 Å². The Labute approximate surface area is 107 Å². The topological polar surface area (TPSA) is 49.3 Å². The van der Waals surface area contributed by atoms with E-state index in [0.29, 0.717) is 5.92 Å². The van der Waals surface area contributed by atoms with Gasteiger partial charge in [-0.3, -0.25) is 10.1 Å². The van der Waals surface area contributed by atoms with Crippen molar-refractivity contribution in [2.24, 2.45) is 5.92 Å². The molecule has 1 aliphatic carbocycles. The number of rotatable bonds is 5. The quantitative estimate of drug-likeness (QED) is 0.879. The van der Waals surface area contributed by atoms with Gasteiger partial charge in [-0.2, -0.15) is 0 Å². The van der Waals surface area contributed by atoms with Crippen LogP contribution in [0.1, 0.15) is 28.6 Å². The molecular weight excluding hydrogens is 290 g/mol. The Bertz CT molecular complexity index is 381. The van der Waals surface area contributed by atoms with Crippen molar-refractivity contribution in [2.45, 2.75) is 25.8 Å². The number of carboxylic acids is 1. The molecule has 2 N–H and O–H groups in total. The smallest absolute Gasteiger partial charge is 0.326 e. The van der Waals surface area contributed by atoms with Crippen LogP contribution >= 0.6 is 27.3 Å². The lowest BCUT2D eigenvalue weighted by Gasteiger charge is -2.12. The number of aryl methyl sites for hydroxylation is 1. The Balaban J connectivity index is 2.07. The van der Waals surface area contributed by atoms with E-state index in [1.807, 2.05) is 13.0 Å². The van der Waals surface area contributed by atoms with E-state index in [1.54, 1.807) is 0 Å². The number of nitrogens with one attached hydrogen (secondary N) is 1. The Kier molecular flexibility index (Phi) is 3.66. The molecule has 0 aliphatic heterocycles. The number of thiophene rings is 1. The molecule has 0 amide bonds. The van der Waals surface area contributed by atoms with Crippen LogP contribution in [0.25, 0.3) is 0 Å². The van der Waals surface area contributed by atoms with E-state index in [1.165, 1.54) is 24.2 Å². The van der Waals surface area contributed by atoms with Gasteiger partial charge in [0, 0.05) is 14.2 Å². The minimum Gasteiger partial charge on any atom is -0.480 e. The molecule has 2 rings (SSSR count). The van der Waals surface area contributed by atoms with Crippen LogP contribution in [0.4, 0.5) is 0 Å². The lowest BCUT2D eigenvalue weighted by atomic mass is 10.2. The molecule has 1 atom stereocenters. The molecule has 1 aliphatic rings. The van der Waals surface area contributed by atoms with Gasteiger partial charge in [-0.25, -0.2) is 0 Å². The van der Waals surface area contributed by atoms with Gasteiger partial charge in [-0.05, 0) is 54.2 Å². The number of carboxylic acid groups (broad SMARTS) is 1. The molecular formula is C11H14BrNO2S. The molecule has 1 fully saturated rings. The molecule has 0 saturated heterocycles. The first-order valence-electron chi connectivity index (χ1n) is 5.30. The Morgan fingerprint density at radius 2 is 2.44 bits per heavy atom. The maximum absolute atomic E-state index is 11.2. The van der Waals surface area contributed by atoms with Crippen LogP contribution < -0.4 is 5.32 Å². The lowest BCUT2D eigenvalue weighted by molar-refractivity contribution is -0.139. The van der Waals surface area contributed by atoms with E-state index in [0.717, 1.165) is 20.8 Å². The van der Waals surface area contributed by atoms with Crippen molar-refractivity contribution in [1.82, 2.24) is 5.32 Å². The van der Waals surface area contributed by atoms with Crippen LogP contribution in [-0.4, -0.2) is 17.6 Å². The highest BCUT2D eigenvalue weighted by molar-refractivity contribution is 9.10. The largest absolute Gasteiger partial charge is 0.480 e. The predicted molar refractivity (Wildman–Crippen MR) is 67.9 cm³/mol. The second-order valence-electron chi connectivity index (χ2n) is 4.18. The zero-order valence-electron chi connectivity index (χ0n) is 9.00. The van der Waals surface area contributed by atoms with Gasteiger partial charge in [-0.15, -0.1) is 11.3 Å². The molecule has 0 aromatic carbocycles. The second-order valence-corrected chi connectivity index (χ2v) is 6.32. The number of hydrogen-bond acceptors (Lipinski definition) is 3. The van der Waals surface area contributed by atoms with Crippen LogP contribution in [0, 0.1) is 12.8 Å². The third kappa shape index (κ3) is 2.84. The molecule has 3 nitrogen and oxygen atoms in total. The third-order valence-corrected chi connectivity index (χ3v) is 4.92. The molecule has 1 aromatic rings. The van der Waals surface area contributed by atoms with E-state index < -0.39 is 12.0 Å². The minimum absolute atomic E-state index is 0.560. The summed E-state index contributed by atoms with van der Waals surface area (Å²) in [6, 6.07) is 1.34. The first-order chi connectivity index (χ1) is 7.58. The molecule has 1 unspecified atom stereocenters. The van der Waals surface area contributed by atoms with Gasteiger partial charge in [0.05, 0.1) is 0 Å². The van der Waals surface area contributed by atoms with Gasteiger partial charge in [0.25, 0.3) is 0 Å². The molecule has 0 bridgehead atoms. The summed E-state index contributed by atoms with van der Waals surface area (Å²) in [7, 11) is 0. The highest BCUT2D eigenvalue weighted by atomic mass is 79.9. The maximum atomic E-state index is 11.2. The standard InChI is InChI=1S/C11H14BrNO2S/c1-6-8(12)4-9(16-6)10(11(14)15)13-5-7-2-3-7/h4,7,10,13H,2-3,5H2,1H3,(H,14,15). The molecule has 16 heavy (non-hydrogen) atoms. The highest BCUT2D eigenvalue weighted by Crippen LogP contribution is 2.32. The summed E-state index contributed by atoms with van der Waals surface area (Å²) >= 11 is 4.95. The van der Waals surface area contributed by atoms with Crippen molar-refractivity contribution in [3.8, 4) is 0 Å². The molecule has 1 saturated carbocycles. The summed E-state index contributed by atoms with van der Waals surface area (Å²) in [6.45, 7) is 2.80. The normalized spacial score (nSPS) is 17.4. The number of carbonyl (C=O) groups is 1. The lowest BCUT2D eigenvalue weighted by Crippen LogP contribution is -2.29. The molecule has 5 heteroatoms. The van der Waals surface area contributed by atoms with Gasteiger partial charge in [0.15, 0.2) is 0 Å². The van der Waals surface area contributed by atoms with Crippen molar-refractivity contribution < 1.29 is 9.90 Å². The van der Waals surface area contributed by atoms with E-state index in [-0.39, 0.29) is 0 Å². The monoisotopic (exact) mass is 303 g/mol. The van der Waals surface area contributed by atoms with Gasteiger partial charge in [0.1, 0.15) is 6.04 Å². The second kappa shape index (κ2) is 4.85. The molecule has 1 aromatic heterocycles. The van der Waals surface area contributed by atoms with Crippen molar-refractivity contribution in [2.75, 3.05) is 6.54 Å². The minimum atomic E-state index is -0.797. The van der Waals surface area contributed by atoms with E-state index >= 15 is 0 Å². The summed E-state index contributed by atoms with van der Waals surface area (Å²) in [5.41, 5.74) is 0. The predicted octanol–water partition coefficient (Wildman–Crippen LogP) is 2.94.